The van der Waals surface area contributed by atoms with Gasteiger partial charge in [-0.15, -0.1) is 0 Å². The smallest absolute Gasteiger partial charge is 0.326 e. The highest BCUT2D eigenvalue weighted by molar-refractivity contribution is 5.94. The molecule has 2 aromatic rings. The van der Waals surface area contributed by atoms with Crippen LogP contribution in [0.2, 0.25) is 0 Å². The van der Waals surface area contributed by atoms with E-state index in [-0.39, 0.29) is 43.1 Å². The quantitative estimate of drug-likeness (QED) is 0.133. The third-order valence-electron chi connectivity index (χ3n) is 6.87. The van der Waals surface area contributed by atoms with Gasteiger partial charge in [0, 0.05) is 19.3 Å². The second-order valence-corrected chi connectivity index (χ2v) is 10.2. The third kappa shape index (κ3) is 10.7. The van der Waals surface area contributed by atoms with E-state index in [1.807, 2.05) is 6.92 Å². The molecule has 2 rings (SSSR count). The molecule has 5 atom stereocenters. The summed E-state index contributed by atoms with van der Waals surface area (Å²) >= 11 is 0. The number of primary amides is 1. The molecule has 0 aromatic heterocycles. The van der Waals surface area contributed by atoms with Gasteiger partial charge in [-0.3, -0.25) is 19.2 Å². The molecule has 4 amide bonds. The lowest BCUT2D eigenvalue weighted by Crippen LogP contribution is -2.58. The maximum Gasteiger partial charge on any atom is 0.326 e. The lowest BCUT2D eigenvalue weighted by molar-refractivity contribution is -0.142. The Morgan fingerprint density at radius 2 is 1.17 bits per heavy atom. The number of amides is 4. The van der Waals surface area contributed by atoms with E-state index in [0.29, 0.717) is 17.5 Å². The fourth-order valence-electron chi connectivity index (χ4n) is 4.03. The highest BCUT2D eigenvalue weighted by atomic mass is 16.4. The van der Waals surface area contributed by atoms with Gasteiger partial charge in [0.05, 0.1) is 6.04 Å². The van der Waals surface area contributed by atoms with Crippen molar-refractivity contribution in [2.24, 2.45) is 17.4 Å². The summed E-state index contributed by atoms with van der Waals surface area (Å²) in [5.41, 5.74) is 12.4. The molecule has 0 fully saturated rings. The van der Waals surface area contributed by atoms with Gasteiger partial charge in [-0.25, -0.2) is 4.79 Å². The number of hydrogen-bond donors (Lipinski definition) is 8. The van der Waals surface area contributed by atoms with Gasteiger partial charge < -0.3 is 42.7 Å². The molecule has 0 bridgehead atoms. The molecule has 2 aromatic carbocycles. The molecule has 0 aliphatic carbocycles. The molecule has 0 aliphatic rings. The van der Waals surface area contributed by atoms with E-state index in [4.69, 9.17) is 11.5 Å². The van der Waals surface area contributed by atoms with E-state index in [9.17, 15) is 39.3 Å². The minimum Gasteiger partial charge on any atom is -0.508 e. The number of nitrogens with two attached hydrogens (primary N) is 2. The summed E-state index contributed by atoms with van der Waals surface area (Å²) in [4.78, 5) is 63.0. The van der Waals surface area contributed by atoms with Gasteiger partial charge >= 0.3 is 5.97 Å². The van der Waals surface area contributed by atoms with E-state index in [2.05, 4.69) is 16.0 Å². The molecular formula is C29H39N5O8. The van der Waals surface area contributed by atoms with Crippen molar-refractivity contribution in [1.29, 1.82) is 0 Å². The van der Waals surface area contributed by atoms with Crippen LogP contribution in [0, 0.1) is 5.92 Å². The number of nitrogens with one attached hydrogen (secondary N) is 3. The second-order valence-electron chi connectivity index (χ2n) is 10.2. The lowest BCUT2D eigenvalue weighted by atomic mass is 9.98. The van der Waals surface area contributed by atoms with Crippen LogP contribution in [0.25, 0.3) is 0 Å². The summed E-state index contributed by atoms with van der Waals surface area (Å²) in [6.07, 6.45) is -0.0426. The number of aromatic hydroxyl groups is 2. The Hall–Kier alpha value is -4.65. The molecule has 13 nitrogen and oxygen atoms in total. The molecule has 0 saturated heterocycles. The zero-order valence-corrected chi connectivity index (χ0v) is 23.6. The van der Waals surface area contributed by atoms with Gasteiger partial charge in [0.2, 0.25) is 23.6 Å². The van der Waals surface area contributed by atoms with Crippen molar-refractivity contribution < 1.29 is 39.3 Å². The Kier molecular flexibility index (Phi) is 12.8. The molecule has 13 heteroatoms. The molecule has 0 saturated carbocycles. The Bertz CT molecular complexity index is 1240. The summed E-state index contributed by atoms with van der Waals surface area (Å²) in [6, 6.07) is 6.86. The maximum absolute atomic E-state index is 13.5. The zero-order chi connectivity index (χ0) is 31.4. The largest absolute Gasteiger partial charge is 0.508 e. The van der Waals surface area contributed by atoms with Crippen molar-refractivity contribution in [2.45, 2.75) is 70.1 Å². The molecule has 5 unspecified atom stereocenters. The Balaban J connectivity index is 2.27. The second kappa shape index (κ2) is 16.0. The summed E-state index contributed by atoms with van der Waals surface area (Å²) in [6.45, 7) is 3.66. The van der Waals surface area contributed by atoms with E-state index in [0.717, 1.165) is 0 Å². The van der Waals surface area contributed by atoms with Gasteiger partial charge in [-0.05, 0) is 47.7 Å². The van der Waals surface area contributed by atoms with E-state index in [1.165, 1.54) is 36.4 Å². The van der Waals surface area contributed by atoms with Crippen molar-refractivity contribution in [1.82, 2.24) is 16.0 Å². The van der Waals surface area contributed by atoms with E-state index in [1.54, 1.807) is 19.1 Å². The minimum absolute atomic E-state index is 0.00561. The molecule has 0 heterocycles. The van der Waals surface area contributed by atoms with Gasteiger partial charge in [-0.1, -0.05) is 44.5 Å². The predicted molar refractivity (Wildman–Crippen MR) is 153 cm³/mol. The van der Waals surface area contributed by atoms with Crippen LogP contribution in [0.3, 0.4) is 0 Å². The summed E-state index contributed by atoms with van der Waals surface area (Å²) in [7, 11) is 0. The lowest BCUT2D eigenvalue weighted by Gasteiger charge is -2.26. The standard InChI is InChI=1S/C29H39N5O8/c1-3-16(2)25(31)28(40)33-22(14-17-4-8-19(35)9-5-17)27(39)32-21(12-13-24(30)37)26(38)34-23(29(41)42)15-18-6-10-20(36)11-7-18/h4-11,16,21-23,25,35-36H,3,12-15,31H2,1-2H3,(H2,30,37)(H,32,39)(H,33,40)(H,34,38)(H,41,42). The molecular weight excluding hydrogens is 546 g/mol. The van der Waals surface area contributed by atoms with Crippen LogP contribution in [-0.2, 0) is 36.8 Å². The van der Waals surface area contributed by atoms with Crippen molar-refractivity contribution in [3.63, 3.8) is 0 Å². The first kappa shape index (κ1) is 33.6. The first-order chi connectivity index (χ1) is 19.8. The fourth-order valence-corrected chi connectivity index (χ4v) is 4.03. The molecule has 228 valence electrons. The number of carbonyl (C=O) groups excluding carboxylic acids is 4. The monoisotopic (exact) mass is 585 g/mol. The van der Waals surface area contributed by atoms with Crippen LogP contribution in [-0.4, -0.2) is 69.1 Å². The van der Waals surface area contributed by atoms with Crippen molar-refractivity contribution in [3.05, 3.63) is 59.7 Å². The topological polar surface area (TPSA) is 234 Å². The Morgan fingerprint density at radius 1 is 0.738 bits per heavy atom. The molecule has 42 heavy (non-hydrogen) atoms. The molecule has 0 aliphatic heterocycles. The van der Waals surface area contributed by atoms with E-state index >= 15 is 0 Å². The number of carboxylic acid groups (broad SMARTS) is 1. The number of carbonyl (C=O) groups is 5. The van der Waals surface area contributed by atoms with Crippen molar-refractivity contribution in [3.8, 4) is 11.5 Å². The van der Waals surface area contributed by atoms with Crippen LogP contribution in [0.5, 0.6) is 11.5 Å². The average Bonchev–Trinajstić information content (AvgIpc) is 2.95. The first-order valence-corrected chi connectivity index (χ1v) is 13.5. The number of phenolic OH excluding ortho intramolecular Hbond substituents is 2. The Morgan fingerprint density at radius 3 is 1.62 bits per heavy atom. The van der Waals surface area contributed by atoms with Gasteiger partial charge in [0.15, 0.2) is 0 Å². The maximum atomic E-state index is 13.5. The average molecular weight is 586 g/mol. The highest BCUT2D eigenvalue weighted by Gasteiger charge is 2.31. The predicted octanol–water partition coefficient (Wildman–Crippen LogP) is 0.0609. The highest BCUT2D eigenvalue weighted by Crippen LogP contribution is 2.14. The van der Waals surface area contributed by atoms with Crippen LogP contribution >= 0.6 is 0 Å². The number of rotatable bonds is 16. The summed E-state index contributed by atoms with van der Waals surface area (Å²) in [5, 5.41) is 36.3. The fraction of sp³-hybridized carbons (Fsp3) is 0.414. The van der Waals surface area contributed by atoms with Crippen LogP contribution in [0.4, 0.5) is 0 Å². The van der Waals surface area contributed by atoms with Crippen molar-refractivity contribution in [2.75, 3.05) is 0 Å². The number of benzene rings is 2. The normalized spacial score (nSPS) is 14.5. The van der Waals surface area contributed by atoms with Gasteiger partial charge in [0.25, 0.3) is 0 Å². The van der Waals surface area contributed by atoms with Gasteiger partial charge in [0.1, 0.15) is 29.6 Å². The number of aliphatic carboxylic acids is 1. The van der Waals surface area contributed by atoms with Crippen molar-refractivity contribution >= 4 is 29.6 Å². The summed E-state index contributed by atoms with van der Waals surface area (Å²) in [5.74, 6) is -4.50. The van der Waals surface area contributed by atoms with Crippen LogP contribution in [0.15, 0.2) is 48.5 Å². The van der Waals surface area contributed by atoms with E-state index < -0.39 is 53.8 Å². The number of carboxylic acids is 1. The van der Waals surface area contributed by atoms with Crippen LogP contribution in [0.1, 0.15) is 44.2 Å². The first-order valence-electron chi connectivity index (χ1n) is 13.5. The van der Waals surface area contributed by atoms with Crippen LogP contribution < -0.4 is 27.4 Å². The Labute approximate surface area is 243 Å². The SMILES string of the molecule is CCC(C)C(N)C(=O)NC(Cc1ccc(O)cc1)C(=O)NC(CCC(N)=O)C(=O)NC(Cc1ccc(O)cc1)C(=O)O. The molecule has 10 N–H and O–H groups in total. The third-order valence-corrected chi connectivity index (χ3v) is 6.87. The number of hydrogen-bond acceptors (Lipinski definition) is 8. The zero-order valence-electron chi connectivity index (χ0n) is 23.6. The molecule has 0 spiro atoms. The number of phenols is 2. The van der Waals surface area contributed by atoms with Gasteiger partial charge in [-0.2, -0.15) is 0 Å². The molecule has 0 radical (unpaired) electrons. The summed E-state index contributed by atoms with van der Waals surface area (Å²) < 4.78 is 0. The minimum atomic E-state index is -1.39.